The molecule has 2 aliphatic rings. The first-order chi connectivity index (χ1) is 13.4. The number of hydrogen-bond donors (Lipinski definition) is 1. The van der Waals surface area contributed by atoms with Crippen LogP contribution in [0, 0.1) is 5.82 Å². The van der Waals surface area contributed by atoms with Gasteiger partial charge in [-0.05, 0) is 37.5 Å². The number of aryl methyl sites for hydroxylation is 1. The molecule has 0 aliphatic carbocycles. The number of nitrogens with zero attached hydrogens (tertiary/aromatic N) is 4. The van der Waals surface area contributed by atoms with Crippen LogP contribution in [0.5, 0.6) is 0 Å². The van der Waals surface area contributed by atoms with Crippen LogP contribution in [0.25, 0.3) is 0 Å². The molecule has 0 radical (unpaired) electrons. The highest BCUT2D eigenvalue weighted by Crippen LogP contribution is 2.32. The highest BCUT2D eigenvalue weighted by molar-refractivity contribution is 7.89. The lowest BCUT2D eigenvalue weighted by atomic mass is 9.99. The average Bonchev–Trinajstić information content (AvgIpc) is 3.24. The maximum atomic E-state index is 14.5. The number of hydrogen-bond acceptors (Lipinski definition) is 5. The molecule has 0 spiro atoms. The van der Waals surface area contributed by atoms with E-state index >= 15 is 0 Å². The van der Waals surface area contributed by atoms with Crippen LogP contribution in [0.4, 0.5) is 10.1 Å². The second-order valence-corrected chi connectivity index (χ2v) is 9.16. The summed E-state index contributed by atoms with van der Waals surface area (Å²) in [7, 11) is -3.99. The van der Waals surface area contributed by atoms with Gasteiger partial charge in [-0.3, -0.25) is 4.79 Å². The van der Waals surface area contributed by atoms with E-state index in [9.17, 15) is 17.6 Å². The molecule has 0 saturated carbocycles. The van der Waals surface area contributed by atoms with Crippen LogP contribution in [0.3, 0.4) is 0 Å². The molecular weight excluding hydrogens is 385 g/mol. The van der Waals surface area contributed by atoms with E-state index in [-0.39, 0.29) is 29.0 Å². The lowest BCUT2D eigenvalue weighted by molar-refractivity contribution is -0.114. The number of carbonyl (C=O) groups excluding carboxylic acids is 1. The lowest BCUT2D eigenvalue weighted by Gasteiger charge is -2.31. The first-order valence-corrected chi connectivity index (χ1v) is 10.8. The first-order valence-electron chi connectivity index (χ1n) is 9.35. The van der Waals surface area contributed by atoms with Crippen LogP contribution >= 0.6 is 0 Å². The lowest BCUT2D eigenvalue weighted by Crippen LogP contribution is -2.40. The average molecular weight is 407 g/mol. The number of aromatic nitrogens is 3. The summed E-state index contributed by atoms with van der Waals surface area (Å²) in [4.78, 5) is 10.7. The fourth-order valence-electron chi connectivity index (χ4n) is 3.98. The molecule has 1 fully saturated rings. The number of sulfonamides is 1. The smallest absolute Gasteiger partial charge is 0.246 e. The van der Waals surface area contributed by atoms with Gasteiger partial charge in [0.25, 0.3) is 0 Å². The number of anilines is 1. The molecule has 4 rings (SSSR count). The summed E-state index contributed by atoms with van der Waals surface area (Å²) < 4.78 is 44.0. The van der Waals surface area contributed by atoms with Gasteiger partial charge in [0.2, 0.25) is 15.9 Å². The maximum Gasteiger partial charge on any atom is 0.246 e. The Morgan fingerprint density at radius 1 is 1.25 bits per heavy atom. The Hall–Kier alpha value is -2.33. The van der Waals surface area contributed by atoms with Crippen molar-refractivity contribution in [1.82, 2.24) is 19.1 Å². The third-order valence-corrected chi connectivity index (χ3v) is 7.16. The number of benzene rings is 1. The standard InChI is InChI=1S/C18H22FN5O3S/c1-12(25)20-14-6-7-16(15(19)10-14)28(26,27)23-8-2-4-13(11-23)18-22-21-17-5-3-9-24(17)18/h6-7,10,13H,2-5,8-9,11H2,1H3,(H,20,25). The molecule has 150 valence electrons. The largest absolute Gasteiger partial charge is 0.326 e. The molecule has 2 aliphatic heterocycles. The van der Waals surface area contributed by atoms with E-state index in [0.717, 1.165) is 43.5 Å². The number of nitrogens with one attached hydrogen (secondary N) is 1. The van der Waals surface area contributed by atoms with Gasteiger partial charge in [0.1, 0.15) is 22.4 Å². The van der Waals surface area contributed by atoms with Crippen LogP contribution in [0.1, 0.15) is 43.8 Å². The topological polar surface area (TPSA) is 97.2 Å². The number of rotatable bonds is 4. The Morgan fingerprint density at radius 3 is 2.82 bits per heavy atom. The minimum atomic E-state index is -3.99. The van der Waals surface area contributed by atoms with E-state index in [0.29, 0.717) is 13.0 Å². The molecule has 1 saturated heterocycles. The van der Waals surface area contributed by atoms with Crippen molar-refractivity contribution in [2.45, 2.75) is 50.0 Å². The van der Waals surface area contributed by atoms with Crippen LogP contribution < -0.4 is 5.32 Å². The molecular formula is C18H22FN5O3S. The number of amides is 1. The van der Waals surface area contributed by atoms with Crippen LogP contribution in [0.15, 0.2) is 23.1 Å². The van der Waals surface area contributed by atoms with Crippen molar-refractivity contribution >= 4 is 21.6 Å². The Morgan fingerprint density at radius 2 is 2.07 bits per heavy atom. The van der Waals surface area contributed by atoms with Crippen molar-refractivity contribution in [3.63, 3.8) is 0 Å². The van der Waals surface area contributed by atoms with Crippen molar-refractivity contribution in [1.29, 1.82) is 0 Å². The molecule has 1 atom stereocenters. The van der Waals surface area contributed by atoms with E-state index < -0.39 is 15.8 Å². The molecule has 8 nitrogen and oxygen atoms in total. The molecule has 1 aromatic heterocycles. The summed E-state index contributed by atoms with van der Waals surface area (Å²) in [5.41, 5.74) is 0.222. The Bertz CT molecular complexity index is 1020. The summed E-state index contributed by atoms with van der Waals surface area (Å²) in [6.45, 7) is 2.76. The SMILES string of the molecule is CC(=O)Nc1ccc(S(=O)(=O)N2CCCC(c3nnc4n3CCC4)C2)c(F)c1. The molecule has 28 heavy (non-hydrogen) atoms. The van der Waals surface area contributed by atoms with Gasteiger partial charge in [-0.1, -0.05) is 0 Å². The van der Waals surface area contributed by atoms with Gasteiger partial charge in [-0.25, -0.2) is 12.8 Å². The van der Waals surface area contributed by atoms with Gasteiger partial charge in [0.05, 0.1) is 0 Å². The van der Waals surface area contributed by atoms with Crippen molar-refractivity contribution in [3.05, 3.63) is 35.7 Å². The quantitative estimate of drug-likeness (QED) is 0.835. The van der Waals surface area contributed by atoms with Gasteiger partial charge >= 0.3 is 0 Å². The molecule has 1 amide bonds. The van der Waals surface area contributed by atoms with Crippen LogP contribution in [0.2, 0.25) is 0 Å². The minimum Gasteiger partial charge on any atom is -0.326 e. The van der Waals surface area contributed by atoms with Gasteiger partial charge in [-0.2, -0.15) is 4.31 Å². The van der Waals surface area contributed by atoms with Gasteiger partial charge < -0.3 is 9.88 Å². The summed E-state index contributed by atoms with van der Waals surface area (Å²) >= 11 is 0. The molecule has 1 aromatic carbocycles. The Labute approximate surface area is 162 Å². The van der Waals surface area contributed by atoms with Crippen LogP contribution in [-0.2, 0) is 27.8 Å². The zero-order valence-electron chi connectivity index (χ0n) is 15.6. The predicted octanol–water partition coefficient (Wildman–Crippen LogP) is 1.89. The molecule has 10 heteroatoms. The van der Waals surface area contributed by atoms with Crippen molar-refractivity contribution < 1.29 is 17.6 Å². The van der Waals surface area contributed by atoms with Crippen molar-refractivity contribution in [2.75, 3.05) is 18.4 Å². The Balaban J connectivity index is 1.58. The third kappa shape index (κ3) is 3.42. The van der Waals surface area contributed by atoms with Crippen LogP contribution in [-0.4, -0.2) is 46.5 Å². The molecule has 3 heterocycles. The van der Waals surface area contributed by atoms with E-state index in [2.05, 4.69) is 20.1 Å². The fourth-order valence-corrected chi connectivity index (χ4v) is 5.55. The summed E-state index contributed by atoms with van der Waals surface area (Å²) in [6.07, 6.45) is 3.43. The van der Waals surface area contributed by atoms with E-state index in [1.807, 2.05) is 0 Å². The second-order valence-electron chi connectivity index (χ2n) is 7.26. The van der Waals surface area contributed by atoms with Gasteiger partial charge in [0, 0.05) is 44.6 Å². The van der Waals surface area contributed by atoms with E-state index in [4.69, 9.17) is 0 Å². The highest BCUT2D eigenvalue weighted by atomic mass is 32.2. The number of halogens is 1. The van der Waals surface area contributed by atoms with E-state index in [1.165, 1.54) is 23.4 Å². The highest BCUT2D eigenvalue weighted by Gasteiger charge is 2.35. The predicted molar refractivity (Wildman–Crippen MR) is 99.8 cm³/mol. The summed E-state index contributed by atoms with van der Waals surface area (Å²) in [6, 6.07) is 3.62. The van der Waals surface area contributed by atoms with Gasteiger partial charge in [-0.15, -0.1) is 10.2 Å². The molecule has 1 N–H and O–H groups in total. The van der Waals surface area contributed by atoms with Gasteiger partial charge in [0.15, 0.2) is 0 Å². The Kier molecular flexibility index (Phi) is 4.92. The zero-order valence-corrected chi connectivity index (χ0v) is 16.4. The molecule has 1 unspecified atom stereocenters. The monoisotopic (exact) mass is 407 g/mol. The van der Waals surface area contributed by atoms with Crippen molar-refractivity contribution in [3.8, 4) is 0 Å². The summed E-state index contributed by atoms with van der Waals surface area (Å²) in [5.74, 6) is 0.500. The zero-order chi connectivity index (χ0) is 19.9. The molecule has 2 aromatic rings. The first kappa shape index (κ1) is 19.0. The van der Waals surface area contributed by atoms with E-state index in [1.54, 1.807) is 0 Å². The second kappa shape index (κ2) is 7.25. The maximum absolute atomic E-state index is 14.5. The number of carbonyl (C=O) groups is 1. The normalized spacial score (nSPS) is 20.1. The minimum absolute atomic E-state index is 0.0513. The molecule has 0 bridgehead atoms. The third-order valence-electron chi connectivity index (χ3n) is 5.26. The van der Waals surface area contributed by atoms with Crippen molar-refractivity contribution in [2.24, 2.45) is 0 Å². The number of fused-ring (bicyclic) bond motifs is 1. The fraction of sp³-hybridized carbons (Fsp3) is 0.500. The summed E-state index contributed by atoms with van der Waals surface area (Å²) in [5, 5.41) is 10.9. The number of piperidine rings is 1.